The first-order valence-electron chi connectivity index (χ1n) is 7.19. The molecule has 1 N–H and O–H groups in total. The maximum Gasteiger partial charge on any atom is 0.252 e. The van der Waals surface area contributed by atoms with Crippen LogP contribution in [0.4, 0.5) is 0 Å². The summed E-state index contributed by atoms with van der Waals surface area (Å²) in [4.78, 5) is 16.4. The second-order valence-electron chi connectivity index (χ2n) is 5.40. The van der Waals surface area contributed by atoms with Crippen molar-refractivity contribution in [1.29, 1.82) is 0 Å². The second kappa shape index (κ2) is 6.66. The maximum atomic E-state index is 12.0. The van der Waals surface area contributed by atoms with Crippen LogP contribution in [0.15, 0.2) is 34.4 Å². The van der Waals surface area contributed by atoms with Crippen LogP contribution in [0.3, 0.4) is 0 Å². The summed E-state index contributed by atoms with van der Waals surface area (Å²) in [5, 5.41) is 8.69. The van der Waals surface area contributed by atoms with E-state index >= 15 is 0 Å². The molecule has 1 aliphatic rings. The number of carbonyl (C=O) groups excluding carboxylic acids is 1. The molecule has 0 atom stereocenters. The van der Waals surface area contributed by atoms with Crippen molar-refractivity contribution in [2.24, 2.45) is 7.05 Å². The molecule has 1 amide bonds. The number of hydrogen-bond donors (Lipinski definition) is 1. The van der Waals surface area contributed by atoms with E-state index in [-0.39, 0.29) is 5.91 Å². The highest BCUT2D eigenvalue weighted by atomic mass is 32.2. The number of rotatable bonds is 4. The minimum atomic E-state index is 0.0662. The van der Waals surface area contributed by atoms with Gasteiger partial charge in [-0.05, 0) is 37.1 Å². The first kappa shape index (κ1) is 14.7. The largest absolute Gasteiger partial charge is 0.349 e. The topological polar surface area (TPSA) is 46.9 Å². The highest BCUT2D eigenvalue weighted by molar-refractivity contribution is 7.99. The van der Waals surface area contributed by atoms with Crippen molar-refractivity contribution in [3.05, 3.63) is 34.8 Å². The molecule has 0 radical (unpaired) electrons. The minimum absolute atomic E-state index is 0.0662. The number of nitrogens with zero attached hydrogens (tertiary/aromatic N) is 2. The number of nitrogens with one attached hydrogen (secondary N) is 1. The zero-order valence-corrected chi connectivity index (χ0v) is 13.6. The lowest BCUT2D eigenvalue weighted by atomic mass is 9.95. The molecule has 6 heteroatoms. The quantitative estimate of drug-likeness (QED) is 0.940. The van der Waals surface area contributed by atoms with Gasteiger partial charge in [-0.2, -0.15) is 11.3 Å². The van der Waals surface area contributed by atoms with Crippen LogP contribution in [0, 0.1) is 0 Å². The number of aromatic nitrogens is 2. The molecule has 4 nitrogen and oxygen atoms in total. The number of imidazole rings is 1. The summed E-state index contributed by atoms with van der Waals surface area (Å²) >= 11 is 3.42. The van der Waals surface area contributed by atoms with Crippen LogP contribution in [0.5, 0.6) is 0 Å². The van der Waals surface area contributed by atoms with Crippen molar-refractivity contribution >= 4 is 29.0 Å². The van der Waals surface area contributed by atoms with Gasteiger partial charge in [0, 0.05) is 41.7 Å². The van der Waals surface area contributed by atoms with Gasteiger partial charge in [0.2, 0.25) is 0 Å². The Bertz CT molecular complexity index is 586. The number of carbonyl (C=O) groups is 1. The molecule has 2 aromatic rings. The SMILES string of the molecule is Cn1ccnc1SC1CCC(NC(=O)c2ccsc2)CC1. The van der Waals surface area contributed by atoms with Gasteiger partial charge in [-0.3, -0.25) is 4.79 Å². The number of thioether (sulfide) groups is 1. The third-order valence-corrected chi connectivity index (χ3v) is 5.93. The Kier molecular flexibility index (Phi) is 4.65. The Balaban J connectivity index is 1.47. The molecule has 0 bridgehead atoms. The molecule has 0 aromatic carbocycles. The fourth-order valence-corrected chi connectivity index (χ4v) is 4.39. The number of hydrogen-bond acceptors (Lipinski definition) is 4. The standard InChI is InChI=1S/C15H19N3OS2/c1-18-8-7-16-15(18)21-13-4-2-12(3-5-13)17-14(19)11-6-9-20-10-11/h6-10,12-13H,2-5H2,1H3,(H,17,19). The molecule has 3 rings (SSSR count). The van der Waals surface area contributed by atoms with E-state index in [0.29, 0.717) is 11.3 Å². The summed E-state index contributed by atoms with van der Waals surface area (Å²) in [5.74, 6) is 0.0662. The Hall–Kier alpha value is -1.27. The molecule has 0 spiro atoms. The van der Waals surface area contributed by atoms with Crippen molar-refractivity contribution in [1.82, 2.24) is 14.9 Å². The minimum Gasteiger partial charge on any atom is -0.349 e. The number of thiophene rings is 1. The highest BCUT2D eigenvalue weighted by Crippen LogP contribution is 2.32. The Labute approximate surface area is 133 Å². The van der Waals surface area contributed by atoms with E-state index in [1.807, 2.05) is 48.0 Å². The van der Waals surface area contributed by atoms with Gasteiger partial charge in [0.25, 0.3) is 5.91 Å². The first-order chi connectivity index (χ1) is 10.2. The summed E-state index contributed by atoms with van der Waals surface area (Å²) < 4.78 is 2.06. The lowest BCUT2D eigenvalue weighted by Gasteiger charge is -2.28. The predicted molar refractivity (Wildman–Crippen MR) is 86.9 cm³/mol. The van der Waals surface area contributed by atoms with Crippen LogP contribution in [-0.4, -0.2) is 26.8 Å². The fraction of sp³-hybridized carbons (Fsp3) is 0.467. The molecular formula is C15H19N3OS2. The number of aryl methyl sites for hydroxylation is 1. The zero-order chi connectivity index (χ0) is 14.7. The zero-order valence-electron chi connectivity index (χ0n) is 12.0. The van der Waals surface area contributed by atoms with Crippen molar-refractivity contribution in [3.63, 3.8) is 0 Å². The number of amides is 1. The van der Waals surface area contributed by atoms with Crippen LogP contribution in [0.1, 0.15) is 36.0 Å². The molecule has 0 saturated heterocycles. The molecule has 112 valence electrons. The Morgan fingerprint density at radius 2 is 2.24 bits per heavy atom. The Morgan fingerprint density at radius 3 is 2.86 bits per heavy atom. The average Bonchev–Trinajstić information content (AvgIpc) is 3.14. The predicted octanol–water partition coefficient (Wildman–Crippen LogP) is 3.31. The van der Waals surface area contributed by atoms with Crippen molar-refractivity contribution < 1.29 is 4.79 Å². The average molecular weight is 321 g/mol. The molecule has 1 saturated carbocycles. The van der Waals surface area contributed by atoms with Gasteiger partial charge in [-0.1, -0.05) is 11.8 Å². The van der Waals surface area contributed by atoms with E-state index in [1.54, 1.807) is 11.3 Å². The fourth-order valence-electron chi connectivity index (χ4n) is 2.60. The van der Waals surface area contributed by atoms with Crippen LogP contribution in [-0.2, 0) is 7.05 Å². The van der Waals surface area contributed by atoms with Crippen LogP contribution in [0.25, 0.3) is 0 Å². The van der Waals surface area contributed by atoms with Gasteiger partial charge in [0.05, 0.1) is 0 Å². The molecule has 1 fully saturated rings. The van der Waals surface area contributed by atoms with E-state index in [4.69, 9.17) is 0 Å². The van der Waals surface area contributed by atoms with Gasteiger partial charge in [0.15, 0.2) is 5.16 Å². The molecule has 21 heavy (non-hydrogen) atoms. The van der Waals surface area contributed by atoms with E-state index in [2.05, 4.69) is 14.9 Å². The lowest BCUT2D eigenvalue weighted by Crippen LogP contribution is -2.38. The highest BCUT2D eigenvalue weighted by Gasteiger charge is 2.24. The van der Waals surface area contributed by atoms with Gasteiger partial charge >= 0.3 is 0 Å². The van der Waals surface area contributed by atoms with E-state index in [9.17, 15) is 4.79 Å². The van der Waals surface area contributed by atoms with Crippen molar-refractivity contribution in [3.8, 4) is 0 Å². The first-order valence-corrected chi connectivity index (χ1v) is 9.01. The molecule has 2 heterocycles. The van der Waals surface area contributed by atoms with Gasteiger partial charge in [0.1, 0.15) is 0 Å². The van der Waals surface area contributed by atoms with Gasteiger partial charge in [-0.15, -0.1) is 0 Å². The third-order valence-electron chi connectivity index (χ3n) is 3.84. The van der Waals surface area contributed by atoms with Gasteiger partial charge < -0.3 is 9.88 Å². The Morgan fingerprint density at radius 1 is 1.43 bits per heavy atom. The van der Waals surface area contributed by atoms with Crippen LogP contribution >= 0.6 is 23.1 Å². The van der Waals surface area contributed by atoms with E-state index in [0.717, 1.165) is 36.4 Å². The molecular weight excluding hydrogens is 302 g/mol. The lowest BCUT2D eigenvalue weighted by molar-refractivity contribution is 0.0928. The van der Waals surface area contributed by atoms with Crippen molar-refractivity contribution in [2.45, 2.75) is 42.1 Å². The van der Waals surface area contributed by atoms with Crippen LogP contribution in [0.2, 0.25) is 0 Å². The molecule has 2 aromatic heterocycles. The molecule has 0 aliphatic heterocycles. The summed E-state index contributed by atoms with van der Waals surface area (Å²) in [6.45, 7) is 0. The summed E-state index contributed by atoms with van der Waals surface area (Å²) in [6.07, 6.45) is 8.19. The van der Waals surface area contributed by atoms with Gasteiger partial charge in [-0.25, -0.2) is 4.98 Å². The van der Waals surface area contributed by atoms with E-state index < -0.39 is 0 Å². The smallest absolute Gasteiger partial charge is 0.252 e. The third kappa shape index (κ3) is 3.68. The maximum absolute atomic E-state index is 12.0. The summed E-state index contributed by atoms with van der Waals surface area (Å²) in [6, 6.07) is 2.19. The van der Waals surface area contributed by atoms with Crippen LogP contribution < -0.4 is 5.32 Å². The second-order valence-corrected chi connectivity index (χ2v) is 7.45. The normalized spacial score (nSPS) is 22.1. The molecule has 1 aliphatic carbocycles. The summed E-state index contributed by atoms with van der Waals surface area (Å²) in [5.41, 5.74) is 0.782. The summed E-state index contributed by atoms with van der Waals surface area (Å²) in [7, 11) is 2.03. The monoisotopic (exact) mass is 321 g/mol. The van der Waals surface area contributed by atoms with Crippen molar-refractivity contribution in [2.75, 3.05) is 0 Å². The van der Waals surface area contributed by atoms with E-state index in [1.165, 1.54) is 0 Å². The molecule has 0 unspecified atom stereocenters.